The third-order valence-electron chi connectivity index (χ3n) is 1.93. The molecule has 0 radical (unpaired) electrons. The van der Waals surface area contributed by atoms with E-state index in [1.807, 2.05) is 26.2 Å². The zero-order valence-corrected chi connectivity index (χ0v) is 10.8. The van der Waals surface area contributed by atoms with Gasteiger partial charge in [0.05, 0.1) is 5.69 Å². The van der Waals surface area contributed by atoms with E-state index in [9.17, 15) is 4.79 Å². The Kier molecular flexibility index (Phi) is 5.87. The van der Waals surface area contributed by atoms with Crippen molar-refractivity contribution in [1.29, 1.82) is 0 Å². The summed E-state index contributed by atoms with van der Waals surface area (Å²) in [5.41, 5.74) is 7.60. The molecule has 1 rings (SSSR count). The molecule has 0 fully saturated rings. The van der Waals surface area contributed by atoms with E-state index < -0.39 is 0 Å². The highest BCUT2D eigenvalue weighted by atomic mass is 35.5. The molecule has 1 heterocycles. The molecule has 0 aliphatic carbocycles. The van der Waals surface area contributed by atoms with Crippen molar-refractivity contribution in [3.05, 3.63) is 15.8 Å². The first-order chi connectivity index (χ1) is 6.50. The topological polar surface area (TPSA) is 55.1 Å². The Morgan fingerprint density at radius 2 is 2.20 bits per heavy atom. The van der Waals surface area contributed by atoms with Gasteiger partial charge in [-0.15, -0.1) is 23.7 Å². The lowest BCUT2D eigenvalue weighted by Gasteiger charge is -2.07. The van der Waals surface area contributed by atoms with Gasteiger partial charge in [-0.2, -0.15) is 0 Å². The Labute approximate surface area is 100 Å². The first kappa shape index (κ1) is 14.4. The number of carbonyl (C=O) groups is 1. The first-order valence-corrected chi connectivity index (χ1v) is 5.48. The summed E-state index contributed by atoms with van der Waals surface area (Å²) in [6.07, 6.45) is 0.370. The van der Waals surface area contributed by atoms with Gasteiger partial charge in [-0.3, -0.25) is 4.79 Å². The number of halogens is 1. The fraction of sp³-hybridized carbons (Fsp3) is 0.500. The molecule has 1 aromatic rings. The van der Waals surface area contributed by atoms with Crippen molar-refractivity contribution in [3.63, 3.8) is 0 Å². The minimum absolute atomic E-state index is 0. The molecule has 0 aliphatic heterocycles. The monoisotopic (exact) mass is 248 g/mol. The number of nitrogens with one attached hydrogen (secondary N) is 1. The Hall–Kier alpha value is -0.580. The summed E-state index contributed by atoms with van der Waals surface area (Å²) in [4.78, 5) is 12.6. The maximum absolute atomic E-state index is 11.4. The number of carbonyl (C=O) groups excluding carboxylic acids is 1. The number of anilines is 1. The van der Waals surface area contributed by atoms with Crippen LogP contribution in [0.4, 0.5) is 5.69 Å². The van der Waals surface area contributed by atoms with Gasteiger partial charge in [0.25, 0.3) is 0 Å². The van der Waals surface area contributed by atoms with Gasteiger partial charge in [-0.1, -0.05) is 0 Å². The molecule has 15 heavy (non-hydrogen) atoms. The molecule has 3 N–H and O–H groups in total. The summed E-state index contributed by atoms with van der Waals surface area (Å²) in [5.74, 6) is -0.00963. The van der Waals surface area contributed by atoms with Crippen LogP contribution in [0.15, 0.2) is 5.38 Å². The van der Waals surface area contributed by atoms with E-state index in [2.05, 4.69) is 5.32 Å². The number of hydrogen-bond acceptors (Lipinski definition) is 3. The van der Waals surface area contributed by atoms with Crippen molar-refractivity contribution in [2.75, 3.05) is 5.32 Å². The standard InChI is InChI=1S/C10H16N2OS.ClH/c1-6-5-14-8(3)10(6)12-9(13)4-7(2)11;/h5,7H,4,11H2,1-3H3,(H,12,13);1H. The Bertz CT molecular complexity index is 317. The summed E-state index contributed by atoms with van der Waals surface area (Å²) in [5, 5.41) is 4.92. The van der Waals surface area contributed by atoms with Gasteiger partial charge in [0.2, 0.25) is 5.91 Å². The summed E-state index contributed by atoms with van der Waals surface area (Å²) >= 11 is 1.65. The van der Waals surface area contributed by atoms with Gasteiger partial charge in [-0.25, -0.2) is 0 Å². The third kappa shape index (κ3) is 4.20. The molecule has 5 heteroatoms. The van der Waals surface area contributed by atoms with Crippen LogP contribution in [0.5, 0.6) is 0 Å². The molecule has 0 aromatic carbocycles. The smallest absolute Gasteiger partial charge is 0.225 e. The summed E-state index contributed by atoms with van der Waals surface area (Å²) in [7, 11) is 0. The molecule has 0 bridgehead atoms. The average molecular weight is 249 g/mol. The lowest BCUT2D eigenvalue weighted by Crippen LogP contribution is -2.24. The van der Waals surface area contributed by atoms with E-state index in [1.54, 1.807) is 11.3 Å². The summed E-state index contributed by atoms with van der Waals surface area (Å²) in [6.45, 7) is 5.82. The largest absolute Gasteiger partial charge is 0.327 e. The molecule has 1 atom stereocenters. The van der Waals surface area contributed by atoms with E-state index in [0.717, 1.165) is 16.1 Å². The molecule has 3 nitrogen and oxygen atoms in total. The molecule has 1 amide bonds. The highest BCUT2D eigenvalue weighted by Crippen LogP contribution is 2.26. The average Bonchev–Trinajstić information content (AvgIpc) is 2.34. The fourth-order valence-electron chi connectivity index (χ4n) is 1.24. The normalized spacial score (nSPS) is 11.7. The van der Waals surface area contributed by atoms with Gasteiger partial charge in [0, 0.05) is 17.3 Å². The van der Waals surface area contributed by atoms with Crippen molar-refractivity contribution in [1.82, 2.24) is 0 Å². The first-order valence-electron chi connectivity index (χ1n) is 4.61. The fourth-order valence-corrected chi connectivity index (χ4v) is 2.04. The van der Waals surface area contributed by atoms with Crippen LogP contribution in [0.3, 0.4) is 0 Å². The van der Waals surface area contributed by atoms with Crippen molar-refractivity contribution in [2.24, 2.45) is 5.73 Å². The summed E-state index contributed by atoms with van der Waals surface area (Å²) < 4.78 is 0. The number of hydrogen-bond donors (Lipinski definition) is 2. The molecule has 86 valence electrons. The Morgan fingerprint density at radius 3 is 2.60 bits per heavy atom. The molecular weight excluding hydrogens is 232 g/mol. The summed E-state index contributed by atoms with van der Waals surface area (Å²) in [6, 6.07) is -0.0887. The van der Waals surface area contributed by atoms with E-state index >= 15 is 0 Å². The number of rotatable bonds is 3. The zero-order chi connectivity index (χ0) is 10.7. The van der Waals surface area contributed by atoms with Crippen LogP contribution >= 0.6 is 23.7 Å². The lowest BCUT2D eigenvalue weighted by atomic mass is 10.2. The van der Waals surface area contributed by atoms with Crippen molar-refractivity contribution >= 4 is 35.3 Å². The predicted molar refractivity (Wildman–Crippen MR) is 67.9 cm³/mol. The maximum Gasteiger partial charge on any atom is 0.225 e. The third-order valence-corrected chi connectivity index (χ3v) is 2.96. The van der Waals surface area contributed by atoms with Crippen LogP contribution in [0.25, 0.3) is 0 Å². The van der Waals surface area contributed by atoms with Crippen LogP contribution < -0.4 is 11.1 Å². The maximum atomic E-state index is 11.4. The second-order valence-corrected chi connectivity index (χ2v) is 4.66. The molecule has 1 aromatic heterocycles. The molecule has 0 saturated carbocycles. The van der Waals surface area contributed by atoms with Crippen LogP contribution in [-0.2, 0) is 4.79 Å². The second kappa shape index (κ2) is 6.10. The van der Waals surface area contributed by atoms with E-state index in [0.29, 0.717) is 6.42 Å². The quantitative estimate of drug-likeness (QED) is 0.864. The van der Waals surface area contributed by atoms with Crippen molar-refractivity contribution < 1.29 is 4.79 Å². The molecule has 0 spiro atoms. The van der Waals surface area contributed by atoms with Gasteiger partial charge in [-0.05, 0) is 31.7 Å². The minimum atomic E-state index is -0.0887. The van der Waals surface area contributed by atoms with Crippen LogP contribution in [0.2, 0.25) is 0 Å². The number of amides is 1. The SMILES string of the molecule is Cc1csc(C)c1NC(=O)CC(C)N.Cl. The van der Waals surface area contributed by atoms with Crippen LogP contribution in [-0.4, -0.2) is 11.9 Å². The minimum Gasteiger partial charge on any atom is -0.327 e. The highest BCUT2D eigenvalue weighted by molar-refractivity contribution is 7.10. The molecule has 0 saturated heterocycles. The second-order valence-electron chi connectivity index (χ2n) is 3.58. The predicted octanol–water partition coefficient (Wildman–Crippen LogP) is 2.46. The number of nitrogens with two attached hydrogens (primary N) is 1. The van der Waals surface area contributed by atoms with Crippen LogP contribution in [0.1, 0.15) is 23.8 Å². The van der Waals surface area contributed by atoms with Gasteiger partial charge in [0.1, 0.15) is 0 Å². The zero-order valence-electron chi connectivity index (χ0n) is 9.16. The molecule has 0 aliphatic rings. The van der Waals surface area contributed by atoms with Gasteiger partial charge < -0.3 is 11.1 Å². The van der Waals surface area contributed by atoms with Crippen molar-refractivity contribution in [3.8, 4) is 0 Å². The van der Waals surface area contributed by atoms with Gasteiger partial charge >= 0.3 is 0 Å². The van der Waals surface area contributed by atoms with Crippen molar-refractivity contribution in [2.45, 2.75) is 33.2 Å². The van der Waals surface area contributed by atoms with Gasteiger partial charge in [0.15, 0.2) is 0 Å². The lowest BCUT2D eigenvalue weighted by molar-refractivity contribution is -0.116. The Morgan fingerprint density at radius 1 is 1.60 bits per heavy atom. The Balaban J connectivity index is 0.00000196. The number of aryl methyl sites for hydroxylation is 2. The van der Waals surface area contributed by atoms with E-state index in [4.69, 9.17) is 5.73 Å². The highest BCUT2D eigenvalue weighted by Gasteiger charge is 2.10. The van der Waals surface area contributed by atoms with E-state index in [1.165, 1.54) is 0 Å². The van der Waals surface area contributed by atoms with Crippen LogP contribution in [0, 0.1) is 13.8 Å². The molecular formula is C10H17ClN2OS. The molecule has 1 unspecified atom stereocenters. The number of thiophene rings is 1. The van der Waals surface area contributed by atoms with E-state index in [-0.39, 0.29) is 24.4 Å².